The van der Waals surface area contributed by atoms with E-state index in [1.54, 1.807) is 0 Å². The molecule has 1 aliphatic rings. The molecule has 2 atom stereocenters. The molecule has 0 aliphatic heterocycles. The molecule has 1 aromatic carbocycles. The largest absolute Gasteiger partial charge is 0.203 e. The van der Waals surface area contributed by atoms with Gasteiger partial charge in [0.25, 0.3) is 0 Å². The third-order valence-corrected chi connectivity index (χ3v) is 5.21. The number of halogens is 5. The second-order valence-electron chi connectivity index (χ2n) is 3.96. The van der Waals surface area contributed by atoms with Crippen molar-refractivity contribution in [3.8, 4) is 0 Å². The van der Waals surface area contributed by atoms with E-state index >= 15 is 0 Å². The zero-order valence-corrected chi connectivity index (χ0v) is 12.6. The highest BCUT2D eigenvalue weighted by Crippen LogP contribution is 2.38. The van der Waals surface area contributed by atoms with E-state index in [1.807, 2.05) is 0 Å². The van der Waals surface area contributed by atoms with Crippen molar-refractivity contribution in [2.45, 2.75) is 11.2 Å². The SMILES string of the molecule is Fc1c(F)c(F)c(C2C(=S)C(=S)C(=S)C2S)c(F)c1F. The van der Waals surface area contributed by atoms with E-state index in [4.69, 9.17) is 36.7 Å². The minimum absolute atomic E-state index is 0.0102. The Hall–Kier alpha value is -0.510. The molecule has 0 saturated heterocycles. The summed E-state index contributed by atoms with van der Waals surface area (Å²) in [6.07, 6.45) is 0. The second kappa shape index (κ2) is 5.36. The van der Waals surface area contributed by atoms with Gasteiger partial charge in [0, 0.05) is 21.2 Å². The fourth-order valence-corrected chi connectivity index (χ4v) is 3.42. The van der Waals surface area contributed by atoms with Crippen LogP contribution in [0, 0.1) is 29.1 Å². The Morgan fingerprint density at radius 3 is 1.45 bits per heavy atom. The molecule has 0 amide bonds. The molecule has 1 aliphatic carbocycles. The monoisotopic (exact) mass is 358 g/mol. The second-order valence-corrected chi connectivity index (χ2v) is 5.81. The van der Waals surface area contributed by atoms with Crippen LogP contribution in [-0.4, -0.2) is 19.8 Å². The smallest absolute Gasteiger partial charge is 0.200 e. The van der Waals surface area contributed by atoms with Crippen molar-refractivity contribution in [3.63, 3.8) is 0 Å². The highest BCUT2D eigenvalue weighted by atomic mass is 32.1. The summed E-state index contributed by atoms with van der Waals surface area (Å²) in [4.78, 5) is -0.0978. The Morgan fingerprint density at radius 1 is 0.700 bits per heavy atom. The maximum Gasteiger partial charge on any atom is 0.200 e. The highest BCUT2D eigenvalue weighted by molar-refractivity contribution is 7.97. The fraction of sp³-hybridized carbons (Fsp3) is 0.182. The first kappa shape index (κ1) is 15.9. The van der Waals surface area contributed by atoms with E-state index < -0.39 is 45.8 Å². The molecule has 0 radical (unpaired) electrons. The molecular formula is C11H3F5S4. The van der Waals surface area contributed by atoms with E-state index in [9.17, 15) is 22.0 Å². The first-order chi connectivity index (χ1) is 9.20. The highest BCUT2D eigenvalue weighted by Gasteiger charge is 2.43. The molecule has 0 bridgehead atoms. The lowest BCUT2D eigenvalue weighted by molar-refractivity contribution is 0.369. The first-order valence-electron chi connectivity index (χ1n) is 5.01. The van der Waals surface area contributed by atoms with E-state index in [0.717, 1.165) is 0 Å². The summed E-state index contributed by atoms with van der Waals surface area (Å²) in [5.74, 6) is -11.5. The summed E-state index contributed by atoms with van der Waals surface area (Å²) in [6, 6.07) is 0. The zero-order chi connectivity index (χ0) is 15.4. The number of rotatable bonds is 1. The third-order valence-electron chi connectivity index (χ3n) is 2.87. The lowest BCUT2D eigenvalue weighted by atomic mass is 9.95. The van der Waals surface area contributed by atoms with Crippen molar-refractivity contribution in [2.75, 3.05) is 0 Å². The zero-order valence-electron chi connectivity index (χ0n) is 9.22. The van der Waals surface area contributed by atoms with Crippen molar-refractivity contribution in [3.05, 3.63) is 34.6 Å². The van der Waals surface area contributed by atoms with E-state index in [0.29, 0.717) is 0 Å². The van der Waals surface area contributed by atoms with Crippen molar-refractivity contribution in [2.24, 2.45) is 0 Å². The first-order valence-corrected chi connectivity index (χ1v) is 6.76. The van der Waals surface area contributed by atoms with Crippen LogP contribution >= 0.6 is 49.3 Å². The lowest BCUT2D eigenvalue weighted by Crippen LogP contribution is -2.20. The molecule has 1 fully saturated rings. The molecule has 0 nitrogen and oxygen atoms in total. The standard InChI is InChI=1S/C11H3F5S4/c12-3-1(4(13)6(15)7(16)5(3)14)2-8(17)10(19)11(20)9(2)18/h2,8,17H. The van der Waals surface area contributed by atoms with Crippen LogP contribution < -0.4 is 0 Å². The molecule has 0 spiro atoms. The Labute approximate surface area is 131 Å². The minimum Gasteiger partial charge on any atom is -0.203 e. The van der Waals surface area contributed by atoms with Gasteiger partial charge in [-0.25, -0.2) is 22.0 Å². The van der Waals surface area contributed by atoms with Gasteiger partial charge >= 0.3 is 0 Å². The van der Waals surface area contributed by atoms with E-state index in [-0.39, 0.29) is 14.6 Å². The molecular weight excluding hydrogens is 355 g/mol. The van der Waals surface area contributed by atoms with Crippen molar-refractivity contribution in [1.29, 1.82) is 0 Å². The topological polar surface area (TPSA) is 0 Å². The van der Waals surface area contributed by atoms with Gasteiger partial charge in [0.2, 0.25) is 5.82 Å². The summed E-state index contributed by atoms with van der Waals surface area (Å²) >= 11 is 18.6. The van der Waals surface area contributed by atoms with Crippen LogP contribution in [0.15, 0.2) is 0 Å². The third kappa shape index (κ3) is 2.11. The van der Waals surface area contributed by atoms with Crippen LogP contribution in [0.25, 0.3) is 0 Å². The Kier molecular flexibility index (Phi) is 4.25. The minimum atomic E-state index is -2.23. The van der Waals surface area contributed by atoms with E-state index in [2.05, 4.69) is 12.6 Å². The summed E-state index contributed by atoms with van der Waals surface area (Å²) in [5.41, 5.74) is -1.05. The molecule has 9 heteroatoms. The number of thiocarbonyl (C=S) groups is 3. The maximum absolute atomic E-state index is 13.8. The Balaban J connectivity index is 2.75. The van der Waals surface area contributed by atoms with Gasteiger partial charge in [0.05, 0.1) is 10.1 Å². The Morgan fingerprint density at radius 2 is 1.10 bits per heavy atom. The predicted molar refractivity (Wildman–Crippen MR) is 79.5 cm³/mol. The lowest BCUT2D eigenvalue weighted by Gasteiger charge is -2.17. The molecule has 20 heavy (non-hydrogen) atoms. The Bertz CT molecular complexity index is 640. The van der Waals surface area contributed by atoms with Gasteiger partial charge in [-0.3, -0.25) is 0 Å². The van der Waals surface area contributed by atoms with Gasteiger partial charge in [-0.15, -0.1) is 0 Å². The van der Waals surface area contributed by atoms with Crippen LogP contribution in [0.4, 0.5) is 22.0 Å². The van der Waals surface area contributed by atoms with Crippen LogP contribution in [0.2, 0.25) is 0 Å². The molecule has 2 rings (SSSR count). The molecule has 0 heterocycles. The summed E-state index contributed by atoms with van der Waals surface area (Å²) in [6.45, 7) is 0. The molecule has 1 saturated carbocycles. The van der Waals surface area contributed by atoms with Gasteiger partial charge in [-0.1, -0.05) is 36.7 Å². The van der Waals surface area contributed by atoms with Crippen LogP contribution in [0.1, 0.15) is 11.5 Å². The number of benzene rings is 1. The summed E-state index contributed by atoms with van der Waals surface area (Å²) < 4.78 is 66.9. The summed E-state index contributed by atoms with van der Waals surface area (Å²) in [7, 11) is 0. The quantitative estimate of drug-likeness (QED) is 0.266. The van der Waals surface area contributed by atoms with Crippen LogP contribution in [0.5, 0.6) is 0 Å². The van der Waals surface area contributed by atoms with Crippen LogP contribution in [-0.2, 0) is 0 Å². The molecule has 2 unspecified atom stereocenters. The van der Waals surface area contributed by atoms with Gasteiger partial charge < -0.3 is 0 Å². The molecule has 106 valence electrons. The average Bonchev–Trinajstić information content (AvgIpc) is 2.61. The van der Waals surface area contributed by atoms with E-state index in [1.165, 1.54) is 0 Å². The van der Waals surface area contributed by atoms with Gasteiger partial charge in [0.15, 0.2) is 23.3 Å². The number of thiol groups is 1. The molecule has 1 aromatic rings. The van der Waals surface area contributed by atoms with Gasteiger partial charge in [-0.2, -0.15) is 12.6 Å². The number of hydrogen-bond acceptors (Lipinski definition) is 4. The summed E-state index contributed by atoms with van der Waals surface area (Å²) in [5, 5.41) is -1.00. The molecule has 0 N–H and O–H groups in total. The molecule has 0 aromatic heterocycles. The fourth-order valence-electron chi connectivity index (χ4n) is 1.88. The van der Waals surface area contributed by atoms with Gasteiger partial charge in [-0.05, 0) is 0 Å². The van der Waals surface area contributed by atoms with Crippen molar-refractivity contribution >= 4 is 63.9 Å². The normalized spacial score (nSPS) is 22.8. The predicted octanol–water partition coefficient (Wildman–Crippen LogP) is 3.89. The maximum atomic E-state index is 13.8. The van der Waals surface area contributed by atoms with Crippen LogP contribution in [0.3, 0.4) is 0 Å². The van der Waals surface area contributed by atoms with Crippen molar-refractivity contribution in [1.82, 2.24) is 0 Å². The average molecular weight is 358 g/mol. The van der Waals surface area contributed by atoms with Gasteiger partial charge in [0.1, 0.15) is 0 Å². The van der Waals surface area contributed by atoms with Crippen molar-refractivity contribution < 1.29 is 22.0 Å². The number of hydrogen-bond donors (Lipinski definition) is 1.